The smallest absolute Gasteiger partial charge is 0.267 e. The number of carbonyl (C=O) groups excluding carboxylic acids is 2. The molecule has 0 aliphatic carbocycles. The molecule has 1 heterocycles. The third-order valence-corrected chi connectivity index (χ3v) is 3.58. The van der Waals surface area contributed by atoms with E-state index in [1.165, 1.54) is 0 Å². The molecule has 0 saturated carbocycles. The van der Waals surface area contributed by atoms with Crippen LogP contribution in [0.5, 0.6) is 5.75 Å². The standard InChI is InChI=1S/C16H22N2O3/c1-4-5-8-17-15(19)10-12-6-7-14-13(9-12)18(3)16(20)11(2)21-14/h6-7,9,11H,4-5,8,10H2,1-3H3,(H,17,19). The van der Waals surface area contributed by atoms with Gasteiger partial charge in [0.1, 0.15) is 5.75 Å². The average Bonchev–Trinajstić information content (AvgIpc) is 2.46. The maximum atomic E-state index is 11.9. The summed E-state index contributed by atoms with van der Waals surface area (Å²) in [5.74, 6) is 0.606. The summed E-state index contributed by atoms with van der Waals surface area (Å²) in [6.45, 7) is 4.53. The van der Waals surface area contributed by atoms with E-state index < -0.39 is 6.10 Å². The monoisotopic (exact) mass is 290 g/mol. The number of ether oxygens (including phenoxy) is 1. The van der Waals surface area contributed by atoms with Gasteiger partial charge in [0, 0.05) is 13.6 Å². The van der Waals surface area contributed by atoms with Crippen LogP contribution in [-0.2, 0) is 16.0 Å². The first-order chi connectivity index (χ1) is 10.0. The first-order valence-corrected chi connectivity index (χ1v) is 7.36. The van der Waals surface area contributed by atoms with Crippen molar-refractivity contribution < 1.29 is 14.3 Å². The number of likely N-dealkylation sites (N-methyl/N-ethyl adjacent to an activating group) is 1. The average molecular weight is 290 g/mol. The van der Waals surface area contributed by atoms with Crippen molar-refractivity contribution in [2.24, 2.45) is 0 Å². The minimum atomic E-state index is -0.467. The molecule has 0 aromatic heterocycles. The third kappa shape index (κ3) is 3.54. The van der Waals surface area contributed by atoms with Gasteiger partial charge < -0.3 is 15.0 Å². The van der Waals surface area contributed by atoms with Gasteiger partial charge in [-0.1, -0.05) is 19.4 Å². The lowest BCUT2D eigenvalue weighted by Gasteiger charge is -2.30. The van der Waals surface area contributed by atoms with Gasteiger partial charge in [0.15, 0.2) is 6.10 Å². The molecule has 5 heteroatoms. The van der Waals surface area contributed by atoms with E-state index in [1.54, 1.807) is 18.9 Å². The second-order valence-electron chi connectivity index (χ2n) is 5.34. The van der Waals surface area contributed by atoms with Crippen LogP contribution in [0.15, 0.2) is 18.2 Å². The number of hydrogen-bond acceptors (Lipinski definition) is 3. The Morgan fingerprint density at radius 3 is 2.90 bits per heavy atom. The van der Waals surface area contributed by atoms with Gasteiger partial charge in [-0.05, 0) is 31.0 Å². The molecule has 1 N–H and O–H groups in total. The van der Waals surface area contributed by atoms with Crippen LogP contribution >= 0.6 is 0 Å². The van der Waals surface area contributed by atoms with Crippen molar-refractivity contribution in [1.82, 2.24) is 5.32 Å². The summed E-state index contributed by atoms with van der Waals surface area (Å²) in [4.78, 5) is 25.3. The van der Waals surface area contributed by atoms with Crippen LogP contribution in [0.2, 0.25) is 0 Å². The first-order valence-electron chi connectivity index (χ1n) is 7.36. The fourth-order valence-electron chi connectivity index (χ4n) is 2.32. The van der Waals surface area contributed by atoms with Gasteiger partial charge in [0.25, 0.3) is 5.91 Å². The van der Waals surface area contributed by atoms with Crippen LogP contribution in [0.3, 0.4) is 0 Å². The Bertz CT molecular complexity index is 542. The zero-order chi connectivity index (χ0) is 15.4. The molecule has 5 nitrogen and oxygen atoms in total. The largest absolute Gasteiger partial charge is 0.479 e. The minimum Gasteiger partial charge on any atom is -0.479 e. The Morgan fingerprint density at radius 1 is 1.43 bits per heavy atom. The lowest BCUT2D eigenvalue weighted by molar-refractivity contribution is -0.125. The van der Waals surface area contributed by atoms with Crippen LogP contribution in [-0.4, -0.2) is 31.5 Å². The molecule has 1 unspecified atom stereocenters. The van der Waals surface area contributed by atoms with Crippen LogP contribution in [0.1, 0.15) is 32.3 Å². The zero-order valence-electron chi connectivity index (χ0n) is 12.8. The highest BCUT2D eigenvalue weighted by molar-refractivity contribution is 5.99. The number of nitrogens with one attached hydrogen (secondary N) is 1. The number of unbranched alkanes of at least 4 members (excludes halogenated alkanes) is 1. The van der Waals surface area contributed by atoms with E-state index in [0.29, 0.717) is 18.7 Å². The molecule has 1 aromatic rings. The molecule has 1 aromatic carbocycles. The molecule has 0 fully saturated rings. The predicted molar refractivity (Wildman–Crippen MR) is 81.6 cm³/mol. The fraction of sp³-hybridized carbons (Fsp3) is 0.500. The second-order valence-corrected chi connectivity index (χ2v) is 5.34. The molecule has 2 rings (SSSR count). The van der Waals surface area contributed by atoms with Gasteiger partial charge in [-0.15, -0.1) is 0 Å². The number of rotatable bonds is 5. The van der Waals surface area contributed by atoms with Crippen LogP contribution in [0, 0.1) is 0 Å². The van der Waals surface area contributed by atoms with Crippen molar-refractivity contribution in [1.29, 1.82) is 0 Å². The molecular formula is C16H22N2O3. The van der Waals surface area contributed by atoms with Gasteiger partial charge in [-0.3, -0.25) is 9.59 Å². The quantitative estimate of drug-likeness (QED) is 0.842. The van der Waals surface area contributed by atoms with Crippen molar-refractivity contribution >= 4 is 17.5 Å². The Kier molecular flexibility index (Phi) is 4.83. The van der Waals surface area contributed by atoms with Crippen molar-refractivity contribution in [3.8, 4) is 5.75 Å². The molecule has 0 saturated heterocycles. The van der Waals surface area contributed by atoms with Crippen molar-refractivity contribution in [2.45, 2.75) is 39.2 Å². The molecule has 1 aliphatic heterocycles. The van der Waals surface area contributed by atoms with E-state index in [9.17, 15) is 9.59 Å². The first kappa shape index (κ1) is 15.4. The number of fused-ring (bicyclic) bond motifs is 1. The summed E-state index contributed by atoms with van der Waals surface area (Å²) in [5.41, 5.74) is 1.59. The summed E-state index contributed by atoms with van der Waals surface area (Å²) in [5, 5.41) is 2.89. The van der Waals surface area contributed by atoms with E-state index in [0.717, 1.165) is 24.1 Å². The lowest BCUT2D eigenvalue weighted by atomic mass is 10.1. The highest BCUT2D eigenvalue weighted by Crippen LogP contribution is 2.33. The van der Waals surface area contributed by atoms with E-state index >= 15 is 0 Å². The zero-order valence-corrected chi connectivity index (χ0v) is 12.8. The Hall–Kier alpha value is -2.04. The maximum absolute atomic E-state index is 11.9. The van der Waals surface area contributed by atoms with Crippen molar-refractivity contribution in [2.75, 3.05) is 18.5 Å². The molecule has 114 valence electrons. The van der Waals surface area contributed by atoms with E-state index in [-0.39, 0.29) is 11.8 Å². The fourth-order valence-corrected chi connectivity index (χ4v) is 2.32. The van der Waals surface area contributed by atoms with Gasteiger partial charge in [-0.2, -0.15) is 0 Å². The van der Waals surface area contributed by atoms with Crippen LogP contribution in [0.25, 0.3) is 0 Å². The topological polar surface area (TPSA) is 58.6 Å². The highest BCUT2D eigenvalue weighted by atomic mass is 16.5. The number of amides is 2. The Labute approximate surface area is 125 Å². The Balaban J connectivity index is 2.07. The van der Waals surface area contributed by atoms with E-state index in [2.05, 4.69) is 12.2 Å². The van der Waals surface area contributed by atoms with Gasteiger partial charge in [-0.25, -0.2) is 0 Å². The SMILES string of the molecule is CCCCNC(=O)Cc1ccc2c(c1)N(C)C(=O)C(C)O2. The lowest BCUT2D eigenvalue weighted by Crippen LogP contribution is -2.42. The van der Waals surface area contributed by atoms with Crippen molar-refractivity contribution in [3.05, 3.63) is 23.8 Å². The number of nitrogens with zero attached hydrogens (tertiary/aromatic N) is 1. The maximum Gasteiger partial charge on any atom is 0.267 e. The van der Waals surface area contributed by atoms with Crippen molar-refractivity contribution in [3.63, 3.8) is 0 Å². The molecule has 2 amide bonds. The van der Waals surface area contributed by atoms with Crippen LogP contribution < -0.4 is 15.0 Å². The summed E-state index contributed by atoms with van der Waals surface area (Å²) in [6, 6.07) is 5.54. The number of benzene rings is 1. The third-order valence-electron chi connectivity index (χ3n) is 3.58. The van der Waals surface area contributed by atoms with Gasteiger partial charge in [0.05, 0.1) is 12.1 Å². The number of hydrogen-bond donors (Lipinski definition) is 1. The second kappa shape index (κ2) is 6.61. The normalized spacial score (nSPS) is 17.2. The van der Waals surface area contributed by atoms with Gasteiger partial charge >= 0.3 is 0 Å². The van der Waals surface area contributed by atoms with E-state index in [4.69, 9.17) is 4.74 Å². The predicted octanol–water partition coefficient (Wildman–Crippen LogP) is 1.89. The highest BCUT2D eigenvalue weighted by Gasteiger charge is 2.28. The summed E-state index contributed by atoms with van der Waals surface area (Å²) < 4.78 is 5.56. The van der Waals surface area contributed by atoms with Crippen LogP contribution in [0.4, 0.5) is 5.69 Å². The number of carbonyl (C=O) groups is 2. The van der Waals surface area contributed by atoms with E-state index in [1.807, 2.05) is 18.2 Å². The Morgan fingerprint density at radius 2 is 2.19 bits per heavy atom. The summed E-state index contributed by atoms with van der Waals surface area (Å²) in [7, 11) is 1.73. The summed E-state index contributed by atoms with van der Waals surface area (Å²) >= 11 is 0. The molecule has 0 radical (unpaired) electrons. The minimum absolute atomic E-state index is 0.00229. The molecule has 21 heavy (non-hydrogen) atoms. The van der Waals surface area contributed by atoms with Gasteiger partial charge in [0.2, 0.25) is 5.91 Å². The molecule has 0 spiro atoms. The molecule has 1 aliphatic rings. The molecule has 0 bridgehead atoms. The summed E-state index contributed by atoms with van der Waals surface area (Å²) in [6.07, 6.45) is 1.89. The molecule has 1 atom stereocenters. The number of anilines is 1. The molecular weight excluding hydrogens is 268 g/mol.